The molecule has 18 heavy (non-hydrogen) atoms. The second-order valence-electron chi connectivity index (χ2n) is 5.69. The predicted octanol–water partition coefficient (Wildman–Crippen LogP) is 2.74. The van der Waals surface area contributed by atoms with Gasteiger partial charge in [-0.3, -0.25) is 4.79 Å². The van der Waals surface area contributed by atoms with Crippen molar-refractivity contribution >= 4 is 18.3 Å². The Balaban J connectivity index is 0.00000289. The molecule has 0 aromatic heterocycles. The quantitative estimate of drug-likeness (QED) is 0.702. The van der Waals surface area contributed by atoms with Crippen LogP contribution in [-0.4, -0.2) is 25.5 Å². The highest BCUT2D eigenvalue weighted by Gasteiger charge is 2.40. The molecule has 108 valence electrons. The molecule has 0 bridgehead atoms. The summed E-state index contributed by atoms with van der Waals surface area (Å²) in [6, 6.07) is 0. The van der Waals surface area contributed by atoms with Gasteiger partial charge in [0.2, 0.25) is 5.91 Å². The number of hydrogen-bond acceptors (Lipinski definition) is 2. The van der Waals surface area contributed by atoms with E-state index in [2.05, 4.69) is 31.4 Å². The Kier molecular flexibility index (Phi) is 8.62. The maximum atomic E-state index is 12.3. The van der Waals surface area contributed by atoms with Crippen molar-refractivity contribution in [2.45, 2.75) is 52.9 Å². The number of amides is 1. The molecule has 1 aliphatic carbocycles. The zero-order valence-electron chi connectivity index (χ0n) is 12.1. The van der Waals surface area contributed by atoms with Crippen LogP contribution in [0.3, 0.4) is 0 Å². The van der Waals surface area contributed by atoms with Gasteiger partial charge >= 0.3 is 0 Å². The van der Waals surface area contributed by atoms with Gasteiger partial charge in [0.25, 0.3) is 0 Å². The molecule has 0 aliphatic heterocycles. The van der Waals surface area contributed by atoms with E-state index < -0.39 is 0 Å². The third-order valence-electron chi connectivity index (χ3n) is 3.68. The Morgan fingerprint density at radius 1 is 1.22 bits per heavy atom. The first-order valence-corrected chi connectivity index (χ1v) is 7.10. The number of halogens is 1. The molecule has 1 amide bonds. The van der Waals surface area contributed by atoms with Crippen LogP contribution in [0.2, 0.25) is 0 Å². The number of carbonyl (C=O) groups is 1. The van der Waals surface area contributed by atoms with E-state index in [9.17, 15) is 4.79 Å². The van der Waals surface area contributed by atoms with Gasteiger partial charge in [-0.05, 0) is 31.7 Å². The Hall–Kier alpha value is -0.280. The average Bonchev–Trinajstić information content (AvgIpc) is 2.73. The summed E-state index contributed by atoms with van der Waals surface area (Å²) >= 11 is 0. The Labute approximate surface area is 118 Å². The van der Waals surface area contributed by atoms with Crippen LogP contribution < -0.4 is 10.6 Å². The van der Waals surface area contributed by atoms with Crippen LogP contribution in [0, 0.1) is 11.3 Å². The molecule has 0 aromatic carbocycles. The Bertz CT molecular complexity index is 238. The SMILES string of the molecule is CCNCCNC(=O)C1(CC(C)C)CCCC1.Cl. The molecule has 3 nitrogen and oxygen atoms in total. The molecule has 4 heteroatoms. The molecule has 0 aromatic rings. The summed E-state index contributed by atoms with van der Waals surface area (Å²) in [5.41, 5.74) is -0.0552. The van der Waals surface area contributed by atoms with E-state index >= 15 is 0 Å². The van der Waals surface area contributed by atoms with E-state index in [1.165, 1.54) is 12.8 Å². The first kappa shape index (κ1) is 17.7. The molecule has 1 aliphatic rings. The Morgan fingerprint density at radius 3 is 2.33 bits per heavy atom. The third-order valence-corrected chi connectivity index (χ3v) is 3.68. The summed E-state index contributed by atoms with van der Waals surface area (Å²) in [7, 11) is 0. The molecule has 0 heterocycles. The van der Waals surface area contributed by atoms with E-state index in [1.54, 1.807) is 0 Å². The zero-order chi connectivity index (χ0) is 12.7. The summed E-state index contributed by atoms with van der Waals surface area (Å²) < 4.78 is 0. The van der Waals surface area contributed by atoms with Crippen molar-refractivity contribution in [1.82, 2.24) is 10.6 Å². The van der Waals surface area contributed by atoms with E-state index in [1.807, 2.05) is 0 Å². The third kappa shape index (κ3) is 5.15. The first-order valence-electron chi connectivity index (χ1n) is 7.10. The number of carbonyl (C=O) groups excluding carboxylic acids is 1. The second kappa shape index (κ2) is 8.76. The monoisotopic (exact) mass is 276 g/mol. The van der Waals surface area contributed by atoms with Crippen LogP contribution in [0.1, 0.15) is 52.9 Å². The minimum Gasteiger partial charge on any atom is -0.354 e. The largest absolute Gasteiger partial charge is 0.354 e. The fraction of sp³-hybridized carbons (Fsp3) is 0.929. The molecule has 1 saturated carbocycles. The topological polar surface area (TPSA) is 41.1 Å². The van der Waals surface area contributed by atoms with Crippen molar-refractivity contribution in [1.29, 1.82) is 0 Å². The molecule has 0 spiro atoms. The van der Waals surface area contributed by atoms with Gasteiger partial charge in [0, 0.05) is 18.5 Å². The average molecular weight is 277 g/mol. The van der Waals surface area contributed by atoms with Crippen molar-refractivity contribution in [2.24, 2.45) is 11.3 Å². The fourth-order valence-corrected chi connectivity index (χ4v) is 2.99. The number of rotatable bonds is 7. The number of likely N-dealkylation sites (N-methyl/N-ethyl adjacent to an activating group) is 1. The molecule has 0 radical (unpaired) electrons. The Morgan fingerprint density at radius 2 is 1.83 bits per heavy atom. The van der Waals surface area contributed by atoms with Crippen molar-refractivity contribution in [3.8, 4) is 0 Å². The van der Waals surface area contributed by atoms with E-state index in [-0.39, 0.29) is 17.8 Å². The molecule has 1 fully saturated rings. The first-order chi connectivity index (χ1) is 8.10. The van der Waals surface area contributed by atoms with Crippen LogP contribution in [0.4, 0.5) is 0 Å². The van der Waals surface area contributed by atoms with Crippen molar-refractivity contribution in [3.63, 3.8) is 0 Å². The van der Waals surface area contributed by atoms with Gasteiger partial charge in [0.05, 0.1) is 0 Å². The summed E-state index contributed by atoms with van der Waals surface area (Å²) in [6.07, 6.45) is 5.64. The number of hydrogen-bond donors (Lipinski definition) is 2. The van der Waals surface area contributed by atoms with E-state index in [0.717, 1.165) is 38.9 Å². The molecular formula is C14H29ClN2O. The predicted molar refractivity (Wildman–Crippen MR) is 79.2 cm³/mol. The van der Waals surface area contributed by atoms with Crippen LogP contribution in [0.5, 0.6) is 0 Å². The van der Waals surface area contributed by atoms with Gasteiger partial charge in [-0.15, -0.1) is 12.4 Å². The lowest BCUT2D eigenvalue weighted by Gasteiger charge is -2.29. The van der Waals surface area contributed by atoms with Gasteiger partial charge < -0.3 is 10.6 Å². The lowest BCUT2D eigenvalue weighted by molar-refractivity contribution is -0.131. The lowest BCUT2D eigenvalue weighted by atomic mass is 9.77. The van der Waals surface area contributed by atoms with Gasteiger partial charge in [-0.1, -0.05) is 33.6 Å². The van der Waals surface area contributed by atoms with Gasteiger partial charge in [-0.25, -0.2) is 0 Å². The van der Waals surface area contributed by atoms with Crippen LogP contribution in [-0.2, 0) is 4.79 Å². The second-order valence-corrected chi connectivity index (χ2v) is 5.69. The highest BCUT2D eigenvalue weighted by molar-refractivity contribution is 5.85. The maximum absolute atomic E-state index is 12.3. The van der Waals surface area contributed by atoms with Gasteiger partial charge in [-0.2, -0.15) is 0 Å². The normalized spacial score (nSPS) is 17.6. The van der Waals surface area contributed by atoms with Crippen molar-refractivity contribution in [2.75, 3.05) is 19.6 Å². The summed E-state index contributed by atoms with van der Waals surface area (Å²) in [4.78, 5) is 12.3. The fourth-order valence-electron chi connectivity index (χ4n) is 2.99. The molecule has 0 saturated heterocycles. The lowest BCUT2D eigenvalue weighted by Crippen LogP contribution is -2.42. The van der Waals surface area contributed by atoms with E-state index in [4.69, 9.17) is 0 Å². The zero-order valence-corrected chi connectivity index (χ0v) is 12.9. The summed E-state index contributed by atoms with van der Waals surface area (Å²) in [6.45, 7) is 9.11. The smallest absolute Gasteiger partial charge is 0.226 e. The van der Waals surface area contributed by atoms with Crippen LogP contribution in [0.15, 0.2) is 0 Å². The van der Waals surface area contributed by atoms with Crippen molar-refractivity contribution in [3.05, 3.63) is 0 Å². The molecular weight excluding hydrogens is 248 g/mol. The highest BCUT2D eigenvalue weighted by atomic mass is 35.5. The van der Waals surface area contributed by atoms with E-state index in [0.29, 0.717) is 11.8 Å². The molecule has 0 unspecified atom stereocenters. The summed E-state index contributed by atoms with van der Waals surface area (Å²) in [5, 5.41) is 6.34. The molecule has 1 rings (SSSR count). The van der Waals surface area contributed by atoms with Gasteiger partial charge in [0.15, 0.2) is 0 Å². The summed E-state index contributed by atoms with van der Waals surface area (Å²) in [5.74, 6) is 0.897. The minimum atomic E-state index is -0.0552. The van der Waals surface area contributed by atoms with Crippen LogP contribution >= 0.6 is 12.4 Å². The highest BCUT2D eigenvalue weighted by Crippen LogP contribution is 2.43. The molecule has 0 atom stereocenters. The number of nitrogens with one attached hydrogen (secondary N) is 2. The van der Waals surface area contributed by atoms with Crippen molar-refractivity contribution < 1.29 is 4.79 Å². The minimum absolute atomic E-state index is 0. The molecule has 2 N–H and O–H groups in total. The van der Waals surface area contributed by atoms with Crippen LogP contribution in [0.25, 0.3) is 0 Å². The van der Waals surface area contributed by atoms with Gasteiger partial charge in [0.1, 0.15) is 0 Å². The maximum Gasteiger partial charge on any atom is 0.226 e. The standard InChI is InChI=1S/C14H28N2O.ClH/c1-4-15-9-10-16-13(17)14(11-12(2)3)7-5-6-8-14;/h12,15H,4-11H2,1-3H3,(H,16,17);1H.